The van der Waals surface area contributed by atoms with E-state index in [4.69, 9.17) is 4.74 Å². The zero-order valence-corrected chi connectivity index (χ0v) is 14.0. The van der Waals surface area contributed by atoms with Gasteiger partial charge in [0.15, 0.2) is 0 Å². The van der Waals surface area contributed by atoms with E-state index in [1.165, 1.54) is 44.9 Å². The molecule has 0 spiro atoms. The molecule has 1 aliphatic carbocycles. The van der Waals surface area contributed by atoms with Gasteiger partial charge in [-0.05, 0) is 49.9 Å². The summed E-state index contributed by atoms with van der Waals surface area (Å²) in [6, 6.07) is 0. The molecule has 108 valence electrons. The van der Waals surface area contributed by atoms with Crippen molar-refractivity contribution in [3.63, 3.8) is 0 Å². The Balaban J connectivity index is 2.14. The largest absolute Gasteiger partial charge is 0.381 e. The lowest BCUT2D eigenvalue weighted by atomic mass is 9.78. The van der Waals surface area contributed by atoms with E-state index in [-0.39, 0.29) is 0 Å². The minimum atomic E-state index is 0.735. The minimum Gasteiger partial charge on any atom is -0.381 e. The van der Waals surface area contributed by atoms with Gasteiger partial charge in [0, 0.05) is 18.0 Å². The van der Waals surface area contributed by atoms with Gasteiger partial charge in [-0.1, -0.05) is 49.5 Å². The Kier molecular flexibility index (Phi) is 8.58. The van der Waals surface area contributed by atoms with Gasteiger partial charge < -0.3 is 4.74 Å². The van der Waals surface area contributed by atoms with Crippen molar-refractivity contribution in [2.24, 2.45) is 17.8 Å². The molecule has 3 atom stereocenters. The first-order chi connectivity index (χ1) is 8.63. The molecule has 0 saturated heterocycles. The number of halogens is 1. The molecule has 1 saturated carbocycles. The summed E-state index contributed by atoms with van der Waals surface area (Å²) in [5.74, 6) is 2.58. The van der Waals surface area contributed by atoms with Crippen molar-refractivity contribution in [2.75, 3.05) is 13.2 Å². The molecular weight excluding hydrogens is 288 g/mol. The fourth-order valence-corrected chi connectivity index (χ4v) is 3.69. The van der Waals surface area contributed by atoms with Gasteiger partial charge in [-0.25, -0.2) is 0 Å². The Hall–Kier alpha value is 0.440. The molecular formula is C16H31BrO. The van der Waals surface area contributed by atoms with E-state index in [1.807, 2.05) is 0 Å². The average molecular weight is 319 g/mol. The highest BCUT2D eigenvalue weighted by molar-refractivity contribution is 9.09. The first-order valence-electron chi connectivity index (χ1n) is 7.85. The number of ether oxygens (including phenoxy) is 1. The lowest BCUT2D eigenvalue weighted by Gasteiger charge is -2.33. The Bertz CT molecular complexity index is 205. The molecule has 0 aliphatic heterocycles. The molecule has 0 aromatic carbocycles. The van der Waals surface area contributed by atoms with E-state index in [0.29, 0.717) is 0 Å². The van der Waals surface area contributed by atoms with Gasteiger partial charge in [0.2, 0.25) is 0 Å². The van der Waals surface area contributed by atoms with Crippen LogP contribution < -0.4 is 0 Å². The summed E-state index contributed by atoms with van der Waals surface area (Å²) in [6.45, 7) is 8.72. The smallest absolute Gasteiger partial charge is 0.0469 e. The molecule has 0 amide bonds. The maximum absolute atomic E-state index is 5.77. The zero-order chi connectivity index (χ0) is 13.4. The van der Waals surface area contributed by atoms with Gasteiger partial charge >= 0.3 is 0 Å². The maximum atomic E-state index is 5.77. The molecule has 1 nitrogen and oxygen atoms in total. The van der Waals surface area contributed by atoms with E-state index < -0.39 is 0 Å². The van der Waals surface area contributed by atoms with Gasteiger partial charge in [-0.2, -0.15) is 0 Å². The van der Waals surface area contributed by atoms with Gasteiger partial charge in [0.25, 0.3) is 0 Å². The molecule has 1 aliphatic rings. The molecule has 18 heavy (non-hydrogen) atoms. The standard InChI is InChI=1S/C16H31BrO/c1-4-5-14-6-7-16(17)15(12-14)9-11-18-10-8-13(2)3/h13-16H,4-12H2,1-3H3. The fourth-order valence-electron chi connectivity index (χ4n) is 2.95. The van der Waals surface area contributed by atoms with Crippen molar-refractivity contribution in [2.45, 2.75) is 70.5 Å². The highest BCUT2D eigenvalue weighted by Gasteiger charge is 2.27. The van der Waals surface area contributed by atoms with Crippen LogP contribution in [0.1, 0.15) is 65.7 Å². The highest BCUT2D eigenvalue weighted by Crippen LogP contribution is 2.37. The van der Waals surface area contributed by atoms with Crippen molar-refractivity contribution in [3.8, 4) is 0 Å². The van der Waals surface area contributed by atoms with Crippen LogP contribution in [-0.2, 0) is 4.74 Å². The number of alkyl halides is 1. The first kappa shape index (κ1) is 16.5. The second kappa shape index (κ2) is 9.36. The van der Waals surface area contributed by atoms with Gasteiger partial charge in [-0.15, -0.1) is 0 Å². The summed E-state index contributed by atoms with van der Waals surface area (Å²) in [4.78, 5) is 0.735. The summed E-state index contributed by atoms with van der Waals surface area (Å²) in [5.41, 5.74) is 0. The summed E-state index contributed by atoms with van der Waals surface area (Å²) in [7, 11) is 0. The molecule has 0 aromatic rings. The summed E-state index contributed by atoms with van der Waals surface area (Å²) < 4.78 is 5.77. The van der Waals surface area contributed by atoms with Crippen molar-refractivity contribution < 1.29 is 4.74 Å². The van der Waals surface area contributed by atoms with E-state index in [9.17, 15) is 0 Å². The monoisotopic (exact) mass is 318 g/mol. The third-order valence-corrected chi connectivity index (χ3v) is 5.37. The number of hydrogen-bond acceptors (Lipinski definition) is 1. The van der Waals surface area contributed by atoms with Crippen LogP contribution in [0.4, 0.5) is 0 Å². The Morgan fingerprint density at radius 1 is 1.17 bits per heavy atom. The van der Waals surface area contributed by atoms with Crippen LogP contribution in [0, 0.1) is 17.8 Å². The number of hydrogen-bond donors (Lipinski definition) is 0. The lowest BCUT2D eigenvalue weighted by molar-refractivity contribution is 0.101. The van der Waals surface area contributed by atoms with Crippen LogP contribution in [0.15, 0.2) is 0 Å². The van der Waals surface area contributed by atoms with Crippen LogP contribution in [0.3, 0.4) is 0 Å². The molecule has 1 rings (SSSR count). The molecule has 0 bridgehead atoms. The predicted octanol–water partition coefficient (Wildman–Crippen LogP) is 5.42. The normalized spacial score (nSPS) is 28.8. The minimum absolute atomic E-state index is 0.735. The average Bonchev–Trinajstić information content (AvgIpc) is 2.32. The van der Waals surface area contributed by atoms with Crippen LogP contribution >= 0.6 is 15.9 Å². The third-order valence-electron chi connectivity index (χ3n) is 4.17. The highest BCUT2D eigenvalue weighted by atomic mass is 79.9. The van der Waals surface area contributed by atoms with Crippen molar-refractivity contribution in [3.05, 3.63) is 0 Å². The maximum Gasteiger partial charge on any atom is 0.0469 e. The van der Waals surface area contributed by atoms with Gasteiger partial charge in [0.1, 0.15) is 0 Å². The fraction of sp³-hybridized carbons (Fsp3) is 1.00. The van der Waals surface area contributed by atoms with Gasteiger partial charge in [0.05, 0.1) is 0 Å². The summed E-state index contributed by atoms with van der Waals surface area (Å²) in [6.07, 6.45) is 9.40. The van der Waals surface area contributed by atoms with Gasteiger partial charge in [-0.3, -0.25) is 0 Å². The quantitative estimate of drug-likeness (QED) is 0.429. The predicted molar refractivity (Wildman–Crippen MR) is 83.3 cm³/mol. The van der Waals surface area contributed by atoms with E-state index in [2.05, 4.69) is 36.7 Å². The molecule has 0 N–H and O–H groups in total. The topological polar surface area (TPSA) is 9.23 Å². The second-order valence-corrected chi connectivity index (χ2v) is 7.50. The van der Waals surface area contributed by atoms with Crippen LogP contribution in [0.2, 0.25) is 0 Å². The third kappa shape index (κ3) is 6.56. The Morgan fingerprint density at radius 3 is 2.61 bits per heavy atom. The Morgan fingerprint density at radius 2 is 1.94 bits per heavy atom. The number of rotatable bonds is 8. The molecule has 1 fully saturated rings. The van der Waals surface area contributed by atoms with Crippen molar-refractivity contribution in [1.82, 2.24) is 0 Å². The SMILES string of the molecule is CCCC1CCC(Br)C(CCOCCC(C)C)C1. The van der Waals surface area contributed by atoms with Crippen LogP contribution in [0.5, 0.6) is 0 Å². The zero-order valence-electron chi connectivity index (χ0n) is 12.5. The van der Waals surface area contributed by atoms with Crippen LogP contribution in [-0.4, -0.2) is 18.0 Å². The van der Waals surface area contributed by atoms with Crippen molar-refractivity contribution >= 4 is 15.9 Å². The molecule has 2 heteroatoms. The molecule has 0 radical (unpaired) electrons. The summed E-state index contributed by atoms with van der Waals surface area (Å²) in [5, 5.41) is 0. The second-order valence-electron chi connectivity index (χ2n) is 6.33. The lowest BCUT2D eigenvalue weighted by Crippen LogP contribution is -2.26. The summed E-state index contributed by atoms with van der Waals surface area (Å²) >= 11 is 3.87. The van der Waals surface area contributed by atoms with E-state index in [0.717, 1.165) is 35.8 Å². The van der Waals surface area contributed by atoms with E-state index >= 15 is 0 Å². The molecule has 0 aromatic heterocycles. The van der Waals surface area contributed by atoms with E-state index in [1.54, 1.807) is 0 Å². The molecule has 3 unspecified atom stereocenters. The molecule has 0 heterocycles. The van der Waals surface area contributed by atoms with Crippen LogP contribution in [0.25, 0.3) is 0 Å². The van der Waals surface area contributed by atoms with Crippen molar-refractivity contribution in [1.29, 1.82) is 0 Å². The first-order valence-corrected chi connectivity index (χ1v) is 8.76. The Labute approximate surface area is 122 Å².